The third-order valence-electron chi connectivity index (χ3n) is 3.67. The van der Waals surface area contributed by atoms with E-state index in [1.807, 2.05) is 0 Å². The van der Waals surface area contributed by atoms with E-state index in [1.165, 1.54) is 15.9 Å². The molecule has 2 aliphatic heterocycles. The molecule has 7 nitrogen and oxygen atoms in total. The smallest absolute Gasteiger partial charge is 0.415 e. The first-order valence-electron chi connectivity index (χ1n) is 7.35. The SMILES string of the molecule is C#CCN1C(=O)COc2cc(F)c(OC(=O)N3CCOCC3)cc21. The lowest BCUT2D eigenvalue weighted by molar-refractivity contribution is -0.121. The van der Waals surface area contributed by atoms with Gasteiger partial charge >= 0.3 is 6.09 Å². The maximum Gasteiger partial charge on any atom is 0.415 e. The lowest BCUT2D eigenvalue weighted by atomic mass is 10.2. The molecule has 126 valence electrons. The Morgan fingerprint density at radius 3 is 2.83 bits per heavy atom. The zero-order valence-electron chi connectivity index (χ0n) is 12.8. The molecule has 0 saturated carbocycles. The molecule has 0 aliphatic carbocycles. The Morgan fingerprint density at radius 2 is 2.12 bits per heavy atom. The number of anilines is 1. The van der Waals surface area contributed by atoms with Crippen LogP contribution in [0.3, 0.4) is 0 Å². The summed E-state index contributed by atoms with van der Waals surface area (Å²) in [5.74, 6) is 1.14. The Morgan fingerprint density at radius 1 is 1.38 bits per heavy atom. The van der Waals surface area contributed by atoms with Crippen molar-refractivity contribution in [3.63, 3.8) is 0 Å². The highest BCUT2D eigenvalue weighted by Gasteiger charge is 2.28. The van der Waals surface area contributed by atoms with Gasteiger partial charge in [0.2, 0.25) is 0 Å². The van der Waals surface area contributed by atoms with Crippen LogP contribution < -0.4 is 14.4 Å². The summed E-state index contributed by atoms with van der Waals surface area (Å²) in [6, 6.07) is 2.32. The predicted molar refractivity (Wildman–Crippen MR) is 81.5 cm³/mol. The van der Waals surface area contributed by atoms with Crippen LogP contribution in [0.25, 0.3) is 0 Å². The predicted octanol–water partition coefficient (Wildman–Crippen LogP) is 1.02. The largest absolute Gasteiger partial charge is 0.481 e. The van der Waals surface area contributed by atoms with Gasteiger partial charge in [0, 0.05) is 25.2 Å². The van der Waals surface area contributed by atoms with E-state index < -0.39 is 11.9 Å². The molecule has 0 N–H and O–H groups in total. The molecule has 0 aromatic heterocycles. The number of benzene rings is 1. The van der Waals surface area contributed by atoms with Crippen LogP contribution >= 0.6 is 0 Å². The third kappa shape index (κ3) is 3.12. The van der Waals surface area contributed by atoms with Crippen LogP contribution in [0.5, 0.6) is 11.5 Å². The number of hydrogen-bond donors (Lipinski definition) is 0. The topological polar surface area (TPSA) is 68.3 Å². The number of carbonyl (C=O) groups is 2. The second-order valence-corrected chi connectivity index (χ2v) is 5.19. The highest BCUT2D eigenvalue weighted by molar-refractivity contribution is 5.98. The second-order valence-electron chi connectivity index (χ2n) is 5.19. The zero-order chi connectivity index (χ0) is 17.1. The van der Waals surface area contributed by atoms with E-state index in [0.717, 1.165) is 6.07 Å². The minimum atomic E-state index is -0.759. The normalized spacial score (nSPS) is 16.9. The molecule has 1 aromatic rings. The van der Waals surface area contributed by atoms with E-state index in [-0.39, 0.29) is 36.2 Å². The Bertz CT molecular complexity index is 709. The van der Waals surface area contributed by atoms with E-state index >= 15 is 0 Å². The van der Waals surface area contributed by atoms with E-state index in [9.17, 15) is 14.0 Å². The Kier molecular flexibility index (Phi) is 4.53. The third-order valence-corrected chi connectivity index (χ3v) is 3.67. The Balaban J connectivity index is 1.85. The molecule has 2 heterocycles. The van der Waals surface area contributed by atoms with Gasteiger partial charge in [-0.15, -0.1) is 6.42 Å². The van der Waals surface area contributed by atoms with Gasteiger partial charge in [-0.3, -0.25) is 9.69 Å². The fraction of sp³-hybridized carbons (Fsp3) is 0.375. The van der Waals surface area contributed by atoms with Crippen LogP contribution in [0.2, 0.25) is 0 Å². The number of morpholine rings is 1. The van der Waals surface area contributed by atoms with Gasteiger partial charge in [0.1, 0.15) is 5.75 Å². The number of terminal acetylenes is 1. The van der Waals surface area contributed by atoms with Gasteiger partial charge in [-0.1, -0.05) is 5.92 Å². The van der Waals surface area contributed by atoms with Crippen LogP contribution in [0.15, 0.2) is 12.1 Å². The molecule has 1 fully saturated rings. The summed E-state index contributed by atoms with van der Waals surface area (Å²) in [7, 11) is 0. The molecule has 0 bridgehead atoms. The Labute approximate surface area is 137 Å². The average Bonchev–Trinajstić information content (AvgIpc) is 2.59. The number of halogens is 1. The maximum atomic E-state index is 14.2. The number of amides is 2. The van der Waals surface area contributed by atoms with Gasteiger partial charge in [0.15, 0.2) is 18.2 Å². The first kappa shape index (κ1) is 16.1. The molecule has 8 heteroatoms. The monoisotopic (exact) mass is 334 g/mol. The van der Waals surface area contributed by atoms with Crippen LogP contribution in [-0.4, -0.2) is 56.4 Å². The van der Waals surface area contributed by atoms with Crippen molar-refractivity contribution in [3.8, 4) is 23.8 Å². The highest BCUT2D eigenvalue weighted by atomic mass is 19.1. The molecule has 3 rings (SSSR count). The summed E-state index contributed by atoms with van der Waals surface area (Å²) in [6.07, 6.45) is 4.59. The van der Waals surface area contributed by atoms with Crippen molar-refractivity contribution in [3.05, 3.63) is 17.9 Å². The van der Waals surface area contributed by atoms with E-state index in [2.05, 4.69) is 5.92 Å². The number of ether oxygens (including phenoxy) is 3. The summed E-state index contributed by atoms with van der Waals surface area (Å²) < 4.78 is 29.6. The van der Waals surface area contributed by atoms with Crippen LogP contribution in [-0.2, 0) is 9.53 Å². The first-order valence-corrected chi connectivity index (χ1v) is 7.35. The molecule has 2 aliphatic rings. The van der Waals surface area contributed by atoms with Crippen molar-refractivity contribution in [2.24, 2.45) is 0 Å². The lowest BCUT2D eigenvalue weighted by Gasteiger charge is -2.29. The molecule has 0 atom stereocenters. The molecule has 0 unspecified atom stereocenters. The van der Waals surface area contributed by atoms with Crippen LogP contribution in [0.1, 0.15) is 0 Å². The van der Waals surface area contributed by atoms with Gasteiger partial charge in [-0.2, -0.15) is 0 Å². The fourth-order valence-corrected chi connectivity index (χ4v) is 2.45. The highest BCUT2D eigenvalue weighted by Crippen LogP contribution is 2.37. The van der Waals surface area contributed by atoms with Crippen molar-refractivity contribution < 1.29 is 28.2 Å². The van der Waals surface area contributed by atoms with Crippen molar-refractivity contribution in [2.75, 3.05) is 44.4 Å². The standard InChI is InChI=1S/C16H15FN2O5/c1-2-3-19-12-9-13(11(17)8-14(12)23-10-15(19)20)24-16(21)18-4-6-22-7-5-18/h1,8-9H,3-7,10H2. The van der Waals surface area contributed by atoms with Crippen molar-refractivity contribution >= 4 is 17.7 Å². The minimum absolute atomic E-state index is 0.0116. The molecule has 0 radical (unpaired) electrons. The molecule has 24 heavy (non-hydrogen) atoms. The minimum Gasteiger partial charge on any atom is -0.481 e. The fourth-order valence-electron chi connectivity index (χ4n) is 2.45. The summed E-state index contributed by atoms with van der Waals surface area (Å²) in [5, 5.41) is 0. The molecule has 2 amide bonds. The molecule has 1 aromatic carbocycles. The van der Waals surface area contributed by atoms with Crippen molar-refractivity contribution in [2.45, 2.75) is 0 Å². The molecular weight excluding hydrogens is 319 g/mol. The number of hydrogen-bond acceptors (Lipinski definition) is 5. The van der Waals surface area contributed by atoms with Gasteiger partial charge in [-0.25, -0.2) is 9.18 Å². The lowest BCUT2D eigenvalue weighted by Crippen LogP contribution is -2.42. The zero-order valence-corrected chi connectivity index (χ0v) is 12.8. The maximum absolute atomic E-state index is 14.2. The van der Waals surface area contributed by atoms with E-state index in [0.29, 0.717) is 26.3 Å². The first-order chi connectivity index (χ1) is 11.6. The number of carbonyl (C=O) groups excluding carboxylic acids is 2. The van der Waals surface area contributed by atoms with Crippen LogP contribution in [0, 0.1) is 18.2 Å². The quantitative estimate of drug-likeness (QED) is 0.755. The van der Waals surface area contributed by atoms with Crippen molar-refractivity contribution in [1.82, 2.24) is 4.90 Å². The Hall–Kier alpha value is -2.79. The second kappa shape index (κ2) is 6.76. The van der Waals surface area contributed by atoms with Gasteiger partial charge < -0.3 is 19.1 Å². The van der Waals surface area contributed by atoms with Gasteiger partial charge in [0.05, 0.1) is 25.4 Å². The summed E-state index contributed by atoms with van der Waals surface area (Å²) >= 11 is 0. The number of nitrogens with zero attached hydrogens (tertiary/aromatic N) is 2. The summed E-state index contributed by atoms with van der Waals surface area (Å²) in [5.41, 5.74) is 0.273. The number of fused-ring (bicyclic) bond motifs is 1. The van der Waals surface area contributed by atoms with Crippen LogP contribution in [0.4, 0.5) is 14.9 Å². The van der Waals surface area contributed by atoms with E-state index in [4.69, 9.17) is 20.6 Å². The van der Waals surface area contributed by atoms with Crippen molar-refractivity contribution in [1.29, 1.82) is 0 Å². The average molecular weight is 334 g/mol. The molecule has 0 spiro atoms. The number of rotatable bonds is 2. The summed E-state index contributed by atoms with van der Waals surface area (Å²) in [4.78, 5) is 26.7. The summed E-state index contributed by atoms with van der Waals surface area (Å²) in [6.45, 7) is 1.34. The van der Waals surface area contributed by atoms with Gasteiger partial charge in [0.25, 0.3) is 5.91 Å². The van der Waals surface area contributed by atoms with Gasteiger partial charge in [-0.05, 0) is 0 Å². The van der Waals surface area contributed by atoms with E-state index in [1.54, 1.807) is 0 Å². The molecule has 1 saturated heterocycles. The molecular formula is C16H15FN2O5.